The summed E-state index contributed by atoms with van der Waals surface area (Å²) in [7, 11) is -4.24. The highest BCUT2D eigenvalue weighted by molar-refractivity contribution is 7.89. The molecule has 10 heteroatoms. The normalized spacial score (nSPS) is 16.0. The zero-order valence-electron chi connectivity index (χ0n) is 16.3. The first-order chi connectivity index (χ1) is 13.9. The van der Waals surface area contributed by atoms with Crippen LogP contribution in [0.5, 0.6) is 0 Å². The minimum atomic E-state index is -4.69. The van der Waals surface area contributed by atoms with Gasteiger partial charge in [-0.3, -0.25) is 4.79 Å². The Bertz CT molecular complexity index is 1080. The molecule has 0 bridgehead atoms. The molecule has 0 radical (unpaired) electrons. The third kappa shape index (κ3) is 4.48. The Hall–Kier alpha value is -2.10. The van der Waals surface area contributed by atoms with Gasteiger partial charge in [0.2, 0.25) is 10.0 Å². The number of alkyl halides is 3. The van der Waals surface area contributed by atoms with E-state index in [1.807, 2.05) is 26.0 Å². The maximum Gasteiger partial charge on any atom is 0.416 e. The molecule has 5 nitrogen and oxygen atoms in total. The minimum absolute atomic E-state index is 0.0362. The van der Waals surface area contributed by atoms with Gasteiger partial charge >= 0.3 is 6.18 Å². The van der Waals surface area contributed by atoms with E-state index in [4.69, 9.17) is 11.6 Å². The number of hydrogen-bond acceptors (Lipinski definition) is 3. The van der Waals surface area contributed by atoms with Crippen LogP contribution >= 0.6 is 11.6 Å². The van der Waals surface area contributed by atoms with Crippen LogP contribution in [0.25, 0.3) is 0 Å². The van der Waals surface area contributed by atoms with Crippen LogP contribution in [-0.4, -0.2) is 49.7 Å². The summed E-state index contributed by atoms with van der Waals surface area (Å²) in [6.07, 6.45) is -4.69. The largest absolute Gasteiger partial charge is 0.416 e. The number of hydrogen-bond donors (Lipinski definition) is 0. The van der Waals surface area contributed by atoms with Crippen LogP contribution < -0.4 is 0 Å². The molecule has 1 heterocycles. The predicted molar refractivity (Wildman–Crippen MR) is 107 cm³/mol. The van der Waals surface area contributed by atoms with Crippen LogP contribution in [0.4, 0.5) is 13.2 Å². The van der Waals surface area contributed by atoms with Crippen molar-refractivity contribution in [2.45, 2.75) is 24.9 Å². The summed E-state index contributed by atoms with van der Waals surface area (Å²) in [6.45, 7) is 3.93. The van der Waals surface area contributed by atoms with Gasteiger partial charge in [-0.1, -0.05) is 29.3 Å². The molecule has 0 saturated carbocycles. The third-order valence-corrected chi connectivity index (χ3v) is 7.39. The van der Waals surface area contributed by atoms with E-state index in [1.165, 1.54) is 4.90 Å². The van der Waals surface area contributed by atoms with Crippen molar-refractivity contribution >= 4 is 27.5 Å². The molecule has 2 aromatic carbocycles. The highest BCUT2D eigenvalue weighted by Gasteiger charge is 2.36. The van der Waals surface area contributed by atoms with Crippen LogP contribution in [0, 0.1) is 13.8 Å². The number of carbonyl (C=O) groups is 1. The first kappa shape index (κ1) is 22.6. The Morgan fingerprint density at radius 3 is 2.20 bits per heavy atom. The highest BCUT2D eigenvalue weighted by Crippen LogP contribution is 2.34. The molecule has 0 atom stereocenters. The number of aryl methyl sites for hydroxylation is 2. The molecule has 0 aromatic heterocycles. The Morgan fingerprint density at radius 1 is 1.00 bits per heavy atom. The van der Waals surface area contributed by atoms with Crippen LogP contribution in [0.3, 0.4) is 0 Å². The van der Waals surface area contributed by atoms with E-state index in [0.717, 1.165) is 27.6 Å². The summed E-state index contributed by atoms with van der Waals surface area (Å²) in [5.74, 6) is -0.207. The van der Waals surface area contributed by atoms with Crippen molar-refractivity contribution in [2.24, 2.45) is 0 Å². The standard InChI is InChI=1S/C20H20ClF3N2O3S/c1-13-3-5-16(14(2)11-13)19(27)25-7-9-26(10-8-25)30(28,29)18-12-15(20(22,23)24)4-6-17(18)21/h3-6,11-12H,7-10H2,1-2H3. The molecule has 1 aliphatic rings. The molecule has 162 valence electrons. The van der Waals surface area contributed by atoms with E-state index < -0.39 is 26.7 Å². The SMILES string of the molecule is Cc1ccc(C(=O)N2CCN(S(=O)(=O)c3cc(C(F)(F)F)ccc3Cl)CC2)c(C)c1. The minimum Gasteiger partial charge on any atom is -0.336 e. The molecule has 3 rings (SSSR count). The van der Waals surface area contributed by atoms with Gasteiger partial charge in [-0.2, -0.15) is 17.5 Å². The maximum absolute atomic E-state index is 13.0. The lowest BCUT2D eigenvalue weighted by molar-refractivity contribution is -0.137. The van der Waals surface area contributed by atoms with Crippen molar-refractivity contribution in [3.63, 3.8) is 0 Å². The lowest BCUT2D eigenvalue weighted by Gasteiger charge is -2.34. The number of nitrogens with zero attached hydrogens (tertiary/aromatic N) is 2. The quantitative estimate of drug-likeness (QED) is 0.692. The molecular weight excluding hydrogens is 441 g/mol. The first-order valence-electron chi connectivity index (χ1n) is 9.14. The monoisotopic (exact) mass is 460 g/mol. The zero-order chi connectivity index (χ0) is 22.3. The van der Waals surface area contributed by atoms with Gasteiger partial charge in [-0.25, -0.2) is 8.42 Å². The van der Waals surface area contributed by atoms with Crippen molar-refractivity contribution in [1.82, 2.24) is 9.21 Å². The number of amides is 1. The van der Waals surface area contributed by atoms with Crippen LogP contribution in [-0.2, 0) is 16.2 Å². The van der Waals surface area contributed by atoms with Crippen molar-refractivity contribution in [3.8, 4) is 0 Å². The molecule has 30 heavy (non-hydrogen) atoms. The molecule has 0 aliphatic carbocycles. The molecule has 1 amide bonds. The van der Waals surface area contributed by atoms with Gasteiger partial charge in [0.1, 0.15) is 4.90 Å². The Kier molecular flexibility index (Phi) is 6.18. The van der Waals surface area contributed by atoms with E-state index in [2.05, 4.69) is 0 Å². The molecular formula is C20H20ClF3N2O3S. The number of benzene rings is 2. The lowest BCUT2D eigenvalue weighted by atomic mass is 10.0. The van der Waals surface area contributed by atoms with Crippen molar-refractivity contribution < 1.29 is 26.4 Å². The molecule has 1 saturated heterocycles. The van der Waals surface area contributed by atoms with Gasteiger partial charge in [0.05, 0.1) is 10.6 Å². The number of sulfonamides is 1. The lowest BCUT2D eigenvalue weighted by Crippen LogP contribution is -2.50. The van der Waals surface area contributed by atoms with Crippen molar-refractivity contribution in [1.29, 1.82) is 0 Å². The van der Waals surface area contributed by atoms with Gasteiger partial charge in [0.15, 0.2) is 0 Å². The average Bonchev–Trinajstić information content (AvgIpc) is 2.67. The zero-order valence-corrected chi connectivity index (χ0v) is 17.9. The van der Waals surface area contributed by atoms with Gasteiger partial charge in [-0.05, 0) is 43.7 Å². The number of halogens is 4. The number of carbonyl (C=O) groups excluding carboxylic acids is 1. The van der Waals surface area contributed by atoms with Crippen LogP contribution in [0.2, 0.25) is 5.02 Å². The van der Waals surface area contributed by atoms with E-state index in [9.17, 15) is 26.4 Å². The van der Waals surface area contributed by atoms with Crippen molar-refractivity contribution in [2.75, 3.05) is 26.2 Å². The van der Waals surface area contributed by atoms with Gasteiger partial charge in [-0.15, -0.1) is 0 Å². The van der Waals surface area contributed by atoms with Gasteiger partial charge in [0, 0.05) is 31.7 Å². The van der Waals surface area contributed by atoms with Gasteiger partial charge < -0.3 is 4.90 Å². The topological polar surface area (TPSA) is 57.7 Å². The first-order valence-corrected chi connectivity index (χ1v) is 11.0. The Balaban J connectivity index is 1.78. The molecule has 2 aromatic rings. The van der Waals surface area contributed by atoms with Gasteiger partial charge in [0.25, 0.3) is 5.91 Å². The summed E-state index contributed by atoms with van der Waals surface area (Å²) < 4.78 is 65.8. The fourth-order valence-electron chi connectivity index (χ4n) is 3.37. The smallest absolute Gasteiger partial charge is 0.336 e. The fourth-order valence-corrected chi connectivity index (χ4v) is 5.29. The van der Waals surface area contributed by atoms with Crippen molar-refractivity contribution in [3.05, 3.63) is 63.7 Å². The van der Waals surface area contributed by atoms with E-state index in [-0.39, 0.29) is 37.1 Å². The summed E-state index contributed by atoms with van der Waals surface area (Å²) in [5, 5.41) is -0.281. The summed E-state index contributed by atoms with van der Waals surface area (Å²) in [4.78, 5) is 13.7. The highest BCUT2D eigenvalue weighted by atomic mass is 35.5. The van der Waals surface area contributed by atoms with Crippen LogP contribution in [0.15, 0.2) is 41.3 Å². The number of rotatable bonds is 3. The van der Waals surface area contributed by atoms with E-state index in [0.29, 0.717) is 11.6 Å². The molecule has 0 unspecified atom stereocenters. The molecule has 0 spiro atoms. The number of piperazine rings is 1. The Labute approximate surface area is 178 Å². The average molecular weight is 461 g/mol. The second-order valence-corrected chi connectivity index (χ2v) is 9.47. The summed E-state index contributed by atoms with van der Waals surface area (Å²) >= 11 is 5.90. The molecule has 1 fully saturated rings. The second-order valence-electron chi connectivity index (χ2n) is 7.16. The Morgan fingerprint density at radius 2 is 1.63 bits per heavy atom. The van der Waals surface area contributed by atoms with E-state index in [1.54, 1.807) is 6.07 Å². The predicted octanol–water partition coefficient (Wildman–Crippen LogP) is 4.12. The third-order valence-electron chi connectivity index (χ3n) is 5.01. The maximum atomic E-state index is 13.0. The van der Waals surface area contributed by atoms with E-state index >= 15 is 0 Å². The fraction of sp³-hybridized carbons (Fsp3) is 0.350. The van der Waals surface area contributed by atoms with Crippen LogP contribution in [0.1, 0.15) is 27.0 Å². The summed E-state index contributed by atoms with van der Waals surface area (Å²) in [5.41, 5.74) is 1.30. The molecule has 1 aliphatic heterocycles. The summed E-state index contributed by atoms with van der Waals surface area (Å²) in [6, 6.07) is 7.67. The molecule has 0 N–H and O–H groups in total. The second kappa shape index (κ2) is 8.20.